The third-order valence-corrected chi connectivity index (χ3v) is 5.40. The molecular weight excluding hydrogens is 403 g/mol. The van der Waals surface area contributed by atoms with Crippen LogP contribution in [-0.2, 0) is 0 Å². The lowest BCUT2D eigenvalue weighted by Crippen LogP contribution is -1.99. The summed E-state index contributed by atoms with van der Waals surface area (Å²) in [4.78, 5) is 13.3. The minimum absolute atomic E-state index is 0.636. The van der Waals surface area contributed by atoms with Gasteiger partial charge in [0.25, 0.3) is 0 Å². The fourth-order valence-electron chi connectivity index (χ4n) is 2.79. The van der Waals surface area contributed by atoms with E-state index in [1.807, 2.05) is 42.5 Å². The second-order valence-corrected chi connectivity index (χ2v) is 7.66. The van der Waals surface area contributed by atoms with E-state index in [4.69, 9.17) is 23.2 Å². The molecule has 9 heteroatoms. The van der Waals surface area contributed by atoms with Gasteiger partial charge >= 0.3 is 0 Å². The second-order valence-electron chi connectivity index (χ2n) is 5.75. The smallest absolute Gasteiger partial charge is 0.189 e. The number of rotatable bonds is 3. The van der Waals surface area contributed by atoms with E-state index in [9.17, 15) is 0 Å². The Balaban J connectivity index is 1.57. The van der Waals surface area contributed by atoms with Crippen LogP contribution < -0.4 is 5.32 Å². The zero-order valence-corrected chi connectivity index (χ0v) is 15.9. The van der Waals surface area contributed by atoms with Crippen LogP contribution in [0.25, 0.3) is 26.9 Å². The van der Waals surface area contributed by atoms with Crippen molar-refractivity contribution in [1.29, 1.82) is 0 Å². The van der Waals surface area contributed by atoms with Crippen molar-refractivity contribution < 1.29 is 0 Å². The van der Waals surface area contributed by atoms with Gasteiger partial charge in [-0.05, 0) is 36.4 Å². The molecule has 3 aromatic heterocycles. The summed E-state index contributed by atoms with van der Waals surface area (Å²) >= 11 is 13.7. The molecule has 3 heterocycles. The number of hydrogen-bond acceptors (Lipinski definition) is 6. The first-order valence-corrected chi connectivity index (χ1v) is 9.52. The van der Waals surface area contributed by atoms with Gasteiger partial charge in [-0.1, -0.05) is 40.6 Å². The number of benzene rings is 2. The van der Waals surface area contributed by atoms with Crippen LogP contribution in [0.1, 0.15) is 0 Å². The number of nitrogens with zero attached hydrogens (tertiary/aromatic N) is 5. The first kappa shape index (κ1) is 16.4. The Kier molecular flexibility index (Phi) is 3.93. The third-order valence-electron chi connectivity index (χ3n) is 3.99. The monoisotopic (exact) mass is 412 g/mol. The molecule has 1 N–H and O–H groups in total. The maximum atomic E-state index is 6.10. The van der Waals surface area contributed by atoms with Gasteiger partial charge in [-0.25, -0.2) is 19.6 Å². The summed E-state index contributed by atoms with van der Waals surface area (Å²) in [5.41, 5.74) is 2.39. The molecule has 0 saturated carbocycles. The molecule has 5 rings (SSSR count). The molecule has 132 valence electrons. The number of anilines is 2. The highest BCUT2D eigenvalue weighted by Crippen LogP contribution is 2.31. The van der Waals surface area contributed by atoms with Crippen LogP contribution in [0.15, 0.2) is 55.0 Å². The molecule has 5 aromatic rings. The van der Waals surface area contributed by atoms with Crippen molar-refractivity contribution in [2.45, 2.75) is 0 Å². The summed E-state index contributed by atoms with van der Waals surface area (Å²) in [6, 6.07) is 13.1. The lowest BCUT2D eigenvalue weighted by atomic mass is 10.3. The summed E-state index contributed by atoms with van der Waals surface area (Å²) in [5, 5.41) is 10.5. The first-order valence-electron chi connectivity index (χ1n) is 7.95. The van der Waals surface area contributed by atoms with Gasteiger partial charge in [0.15, 0.2) is 10.8 Å². The van der Waals surface area contributed by atoms with Crippen LogP contribution in [-0.4, -0.2) is 24.7 Å². The number of thiazole rings is 1. The molecule has 0 unspecified atom stereocenters. The molecule has 27 heavy (non-hydrogen) atoms. The number of fused-ring (bicyclic) bond motifs is 2. The summed E-state index contributed by atoms with van der Waals surface area (Å²) in [5.74, 6) is 0.637. The van der Waals surface area contributed by atoms with Crippen LogP contribution in [0.5, 0.6) is 0 Å². The number of hydrogen-bond donors (Lipinski definition) is 1. The molecule has 0 aliphatic heterocycles. The summed E-state index contributed by atoms with van der Waals surface area (Å²) in [7, 11) is 0. The van der Waals surface area contributed by atoms with Crippen LogP contribution in [0, 0.1) is 0 Å². The molecule has 0 aliphatic rings. The Hall–Kier alpha value is -2.74. The highest BCUT2D eigenvalue weighted by Gasteiger charge is 2.13. The van der Waals surface area contributed by atoms with Crippen LogP contribution in [0.2, 0.25) is 10.0 Å². The molecule has 0 radical (unpaired) electrons. The average molecular weight is 413 g/mol. The molecule has 0 bridgehead atoms. The van der Waals surface area contributed by atoms with Gasteiger partial charge in [0.05, 0.1) is 27.5 Å². The van der Waals surface area contributed by atoms with Gasteiger partial charge in [-0.15, -0.1) is 0 Å². The van der Waals surface area contributed by atoms with E-state index in [0.717, 1.165) is 26.4 Å². The standard InChI is InChI=1S/C18H10Cl2N6S/c19-10-2-1-3-12(6-10)26-17-13(8-23-26)16(21-9-22-17)25-18-24-14-5-4-11(20)7-15(14)27-18/h1-9H,(H,21,22,24,25). The number of aromatic nitrogens is 5. The molecule has 2 aromatic carbocycles. The SMILES string of the molecule is Clc1cccc(-n2ncc3c(Nc4nc5ccc(Cl)cc5s4)ncnc32)c1. The quantitative estimate of drug-likeness (QED) is 0.425. The summed E-state index contributed by atoms with van der Waals surface area (Å²) in [6.07, 6.45) is 3.22. The second kappa shape index (κ2) is 6.45. The van der Waals surface area contributed by atoms with Crippen LogP contribution >= 0.6 is 34.5 Å². The van der Waals surface area contributed by atoms with Gasteiger partial charge in [0.1, 0.15) is 12.1 Å². The van der Waals surface area contributed by atoms with Crippen LogP contribution in [0.3, 0.4) is 0 Å². The third kappa shape index (κ3) is 2.99. The normalized spacial score (nSPS) is 11.3. The Morgan fingerprint density at radius 1 is 1.00 bits per heavy atom. The van der Waals surface area contributed by atoms with E-state index < -0.39 is 0 Å². The van der Waals surface area contributed by atoms with Crippen molar-refractivity contribution in [2.75, 3.05) is 5.32 Å². The molecule has 0 saturated heterocycles. The predicted molar refractivity (Wildman–Crippen MR) is 110 cm³/mol. The van der Waals surface area contributed by atoms with E-state index in [-0.39, 0.29) is 0 Å². The maximum absolute atomic E-state index is 6.10. The van der Waals surface area contributed by atoms with E-state index in [1.54, 1.807) is 10.9 Å². The average Bonchev–Trinajstić information content (AvgIpc) is 3.25. The van der Waals surface area contributed by atoms with Crippen molar-refractivity contribution in [1.82, 2.24) is 24.7 Å². The Bertz CT molecular complexity index is 1300. The number of nitrogens with one attached hydrogen (secondary N) is 1. The highest BCUT2D eigenvalue weighted by molar-refractivity contribution is 7.22. The Labute approximate surface area is 167 Å². The minimum Gasteiger partial charge on any atom is -0.315 e. The summed E-state index contributed by atoms with van der Waals surface area (Å²) in [6.45, 7) is 0. The largest absolute Gasteiger partial charge is 0.315 e. The van der Waals surface area contributed by atoms with E-state index in [1.165, 1.54) is 17.7 Å². The number of halogens is 2. The van der Waals surface area contributed by atoms with E-state index >= 15 is 0 Å². The van der Waals surface area contributed by atoms with E-state index in [0.29, 0.717) is 21.5 Å². The molecule has 0 atom stereocenters. The molecule has 0 fully saturated rings. The van der Waals surface area contributed by atoms with Crippen molar-refractivity contribution in [3.63, 3.8) is 0 Å². The Morgan fingerprint density at radius 2 is 1.89 bits per heavy atom. The topological polar surface area (TPSA) is 68.5 Å². The molecular formula is C18H10Cl2N6S. The van der Waals surface area contributed by atoms with Crippen molar-refractivity contribution in [3.05, 3.63) is 65.0 Å². The van der Waals surface area contributed by atoms with Crippen molar-refractivity contribution in [2.24, 2.45) is 0 Å². The lowest BCUT2D eigenvalue weighted by molar-refractivity contribution is 0.895. The first-order chi connectivity index (χ1) is 13.2. The van der Waals surface area contributed by atoms with E-state index in [2.05, 4.69) is 25.4 Å². The van der Waals surface area contributed by atoms with Gasteiger partial charge in [0.2, 0.25) is 0 Å². The fourth-order valence-corrected chi connectivity index (χ4v) is 4.12. The lowest BCUT2D eigenvalue weighted by Gasteiger charge is -2.05. The van der Waals surface area contributed by atoms with Gasteiger partial charge in [-0.3, -0.25) is 0 Å². The van der Waals surface area contributed by atoms with Gasteiger partial charge in [-0.2, -0.15) is 5.10 Å². The molecule has 0 amide bonds. The molecule has 0 aliphatic carbocycles. The van der Waals surface area contributed by atoms with Crippen LogP contribution in [0.4, 0.5) is 10.9 Å². The molecule has 6 nitrogen and oxygen atoms in total. The zero-order valence-electron chi connectivity index (χ0n) is 13.6. The van der Waals surface area contributed by atoms with Gasteiger partial charge < -0.3 is 5.32 Å². The predicted octanol–water partition coefficient (Wildman–Crippen LogP) is 5.48. The zero-order chi connectivity index (χ0) is 18.4. The molecule has 0 spiro atoms. The summed E-state index contributed by atoms with van der Waals surface area (Å²) < 4.78 is 2.73. The fraction of sp³-hybridized carbons (Fsp3) is 0. The Morgan fingerprint density at radius 3 is 2.78 bits per heavy atom. The van der Waals surface area contributed by atoms with Crippen molar-refractivity contribution >= 4 is 66.7 Å². The highest BCUT2D eigenvalue weighted by atomic mass is 35.5. The van der Waals surface area contributed by atoms with Crippen molar-refractivity contribution in [3.8, 4) is 5.69 Å². The minimum atomic E-state index is 0.636. The maximum Gasteiger partial charge on any atom is 0.189 e. The van der Waals surface area contributed by atoms with Gasteiger partial charge in [0, 0.05) is 10.0 Å².